The summed E-state index contributed by atoms with van der Waals surface area (Å²) in [6.07, 6.45) is 0.255. The van der Waals surface area contributed by atoms with E-state index in [0.29, 0.717) is 10.6 Å². The van der Waals surface area contributed by atoms with Gasteiger partial charge in [0.2, 0.25) is 15.9 Å². The molecule has 3 aromatic carbocycles. The Morgan fingerprint density at radius 2 is 1.76 bits per heavy atom. The van der Waals surface area contributed by atoms with E-state index >= 15 is 0 Å². The number of hydrogen-bond donors (Lipinski definition) is 6. The van der Waals surface area contributed by atoms with Crippen LogP contribution >= 0.6 is 11.3 Å². The molecule has 0 aliphatic rings. The van der Waals surface area contributed by atoms with Gasteiger partial charge in [0.25, 0.3) is 0 Å². The Bertz CT molecular complexity index is 1530. The molecular formula is C26H27N5O5S2. The van der Waals surface area contributed by atoms with Crippen LogP contribution in [0.5, 0.6) is 0 Å². The lowest BCUT2D eigenvalue weighted by atomic mass is 10.0. The minimum absolute atomic E-state index is 0.0801. The fourth-order valence-electron chi connectivity index (χ4n) is 3.78. The van der Waals surface area contributed by atoms with Crippen LogP contribution in [-0.2, 0) is 21.2 Å². The van der Waals surface area contributed by atoms with Crippen molar-refractivity contribution in [3.8, 4) is 0 Å². The van der Waals surface area contributed by atoms with Crippen LogP contribution < -0.4 is 15.8 Å². The fourth-order valence-corrected chi connectivity index (χ4v) is 6.12. The van der Waals surface area contributed by atoms with Crippen molar-refractivity contribution in [3.63, 3.8) is 0 Å². The van der Waals surface area contributed by atoms with Crippen molar-refractivity contribution in [3.05, 3.63) is 88.9 Å². The number of nitrogen functional groups attached to an aromatic ring is 1. The summed E-state index contributed by atoms with van der Waals surface area (Å²) in [4.78, 5) is 16.8. The number of rotatable bonds is 11. The summed E-state index contributed by atoms with van der Waals surface area (Å²) >= 11 is 1.38. The SMILES string of the molecule is N=C(N)c1cccc(CC(NS(=O)(=O)c2cccc(NC(=O)C(CO)CO)c2)c2nc3ccccc3s2)c1. The Morgan fingerprint density at radius 1 is 1.03 bits per heavy atom. The number of hydrogen-bond acceptors (Lipinski definition) is 8. The molecule has 0 aliphatic carbocycles. The number of amides is 1. The zero-order chi connectivity index (χ0) is 27.3. The Labute approximate surface area is 223 Å². The third-order valence-electron chi connectivity index (χ3n) is 5.81. The van der Waals surface area contributed by atoms with Crippen LogP contribution in [0.15, 0.2) is 77.7 Å². The van der Waals surface area contributed by atoms with E-state index in [4.69, 9.17) is 11.1 Å². The van der Waals surface area contributed by atoms with Crippen molar-refractivity contribution < 1.29 is 23.4 Å². The molecule has 4 aromatic rings. The summed E-state index contributed by atoms with van der Waals surface area (Å²) in [5.74, 6) is -1.75. The maximum Gasteiger partial charge on any atom is 0.241 e. The third-order valence-corrected chi connectivity index (χ3v) is 8.43. The number of amidine groups is 1. The first-order valence-electron chi connectivity index (χ1n) is 11.6. The molecular weight excluding hydrogens is 526 g/mol. The lowest BCUT2D eigenvalue weighted by Gasteiger charge is -2.18. The van der Waals surface area contributed by atoms with Crippen molar-refractivity contribution in [2.24, 2.45) is 11.7 Å². The quantitative estimate of drug-likeness (QED) is 0.122. The number of para-hydroxylation sites is 1. The second-order valence-electron chi connectivity index (χ2n) is 8.59. The predicted molar refractivity (Wildman–Crippen MR) is 147 cm³/mol. The Hall–Kier alpha value is -3.68. The smallest absolute Gasteiger partial charge is 0.241 e. The summed E-state index contributed by atoms with van der Waals surface area (Å²) in [5.41, 5.74) is 7.89. The van der Waals surface area contributed by atoms with Crippen LogP contribution in [-0.4, -0.2) is 48.6 Å². The van der Waals surface area contributed by atoms with Gasteiger partial charge < -0.3 is 21.3 Å². The normalized spacial score (nSPS) is 12.5. The summed E-state index contributed by atoms with van der Waals surface area (Å²) < 4.78 is 30.7. The van der Waals surface area contributed by atoms with Crippen LogP contribution in [0.4, 0.5) is 5.69 Å². The van der Waals surface area contributed by atoms with E-state index in [0.717, 1.165) is 15.8 Å². The molecule has 0 fully saturated rings. The summed E-state index contributed by atoms with van der Waals surface area (Å²) in [7, 11) is -4.08. The van der Waals surface area contributed by atoms with Gasteiger partial charge in [-0.15, -0.1) is 11.3 Å². The van der Waals surface area contributed by atoms with Gasteiger partial charge in [0.05, 0.1) is 40.3 Å². The maximum atomic E-state index is 13.5. The molecule has 0 saturated carbocycles. The molecule has 10 nitrogen and oxygen atoms in total. The third kappa shape index (κ3) is 6.41. The van der Waals surface area contributed by atoms with E-state index in [-0.39, 0.29) is 22.8 Å². The number of nitrogens with zero attached hydrogens (tertiary/aromatic N) is 1. The molecule has 7 N–H and O–H groups in total. The number of aliphatic hydroxyl groups excluding tert-OH is 2. The largest absolute Gasteiger partial charge is 0.395 e. The first-order chi connectivity index (χ1) is 18.2. The highest BCUT2D eigenvalue weighted by atomic mass is 32.2. The van der Waals surface area contributed by atoms with Gasteiger partial charge in [-0.3, -0.25) is 10.2 Å². The molecule has 1 aromatic heterocycles. The number of thiazole rings is 1. The van der Waals surface area contributed by atoms with Gasteiger partial charge in [0, 0.05) is 11.3 Å². The minimum atomic E-state index is -4.08. The highest BCUT2D eigenvalue weighted by molar-refractivity contribution is 7.89. The van der Waals surface area contributed by atoms with Crippen LogP contribution in [0, 0.1) is 11.3 Å². The van der Waals surface area contributed by atoms with Crippen molar-refractivity contribution in [2.75, 3.05) is 18.5 Å². The highest BCUT2D eigenvalue weighted by Gasteiger charge is 2.25. The first kappa shape index (κ1) is 27.4. The van der Waals surface area contributed by atoms with E-state index in [9.17, 15) is 23.4 Å². The molecule has 0 spiro atoms. The predicted octanol–water partition coefficient (Wildman–Crippen LogP) is 2.38. The molecule has 0 radical (unpaired) electrons. The van der Waals surface area contributed by atoms with E-state index in [2.05, 4.69) is 15.0 Å². The van der Waals surface area contributed by atoms with E-state index in [1.54, 1.807) is 18.2 Å². The molecule has 12 heteroatoms. The second-order valence-corrected chi connectivity index (χ2v) is 11.4. The van der Waals surface area contributed by atoms with Gasteiger partial charge in [-0.2, -0.15) is 0 Å². The lowest BCUT2D eigenvalue weighted by Crippen LogP contribution is -2.30. The summed E-state index contributed by atoms with van der Waals surface area (Å²) in [6.45, 7) is -1.09. The van der Waals surface area contributed by atoms with Crippen LogP contribution in [0.25, 0.3) is 10.2 Å². The zero-order valence-corrected chi connectivity index (χ0v) is 21.8. The number of nitrogens with two attached hydrogens (primary N) is 1. The molecule has 1 amide bonds. The number of anilines is 1. The molecule has 0 aliphatic heterocycles. The van der Waals surface area contributed by atoms with Gasteiger partial charge in [0.15, 0.2) is 0 Å². The summed E-state index contributed by atoms with van der Waals surface area (Å²) in [6, 6.07) is 19.5. The van der Waals surface area contributed by atoms with Crippen molar-refractivity contribution >= 4 is 49.0 Å². The van der Waals surface area contributed by atoms with Crippen molar-refractivity contribution in [1.82, 2.24) is 9.71 Å². The number of fused-ring (bicyclic) bond motifs is 1. The van der Waals surface area contributed by atoms with E-state index in [1.165, 1.54) is 35.6 Å². The van der Waals surface area contributed by atoms with E-state index in [1.807, 2.05) is 30.3 Å². The van der Waals surface area contributed by atoms with Crippen molar-refractivity contribution in [1.29, 1.82) is 5.41 Å². The van der Waals surface area contributed by atoms with Gasteiger partial charge in [-0.1, -0.05) is 36.4 Å². The number of benzene rings is 3. The Kier molecular flexibility index (Phi) is 8.49. The number of carbonyl (C=O) groups excluding carboxylic acids is 1. The highest BCUT2D eigenvalue weighted by Crippen LogP contribution is 2.30. The number of aliphatic hydroxyl groups is 2. The van der Waals surface area contributed by atoms with E-state index < -0.39 is 41.1 Å². The zero-order valence-electron chi connectivity index (χ0n) is 20.2. The Morgan fingerprint density at radius 3 is 2.47 bits per heavy atom. The molecule has 38 heavy (non-hydrogen) atoms. The van der Waals surface area contributed by atoms with Crippen molar-refractivity contribution in [2.45, 2.75) is 17.4 Å². The average molecular weight is 554 g/mol. The van der Waals surface area contributed by atoms with Gasteiger partial charge in [0.1, 0.15) is 10.8 Å². The Balaban J connectivity index is 1.66. The fraction of sp³-hybridized carbons (Fsp3) is 0.192. The number of carbonyl (C=O) groups is 1. The topological polar surface area (TPSA) is 178 Å². The maximum absolute atomic E-state index is 13.5. The number of nitrogens with one attached hydrogen (secondary N) is 3. The standard InChI is InChI=1S/C26H27N5O5S2/c27-24(28)17-6-3-5-16(11-17)12-22(26-30-21-9-1-2-10-23(21)37-26)31-38(35,36)20-8-4-7-19(13-20)29-25(34)18(14-32)15-33/h1-11,13,18,22,31-33H,12,14-15H2,(H3,27,28)(H,29,34). The van der Waals surface area contributed by atoms with Gasteiger partial charge in [-0.25, -0.2) is 18.1 Å². The first-order valence-corrected chi connectivity index (χ1v) is 13.9. The molecule has 1 heterocycles. The number of sulfonamides is 1. The van der Waals surface area contributed by atoms with Crippen LogP contribution in [0.3, 0.4) is 0 Å². The molecule has 0 bridgehead atoms. The number of aromatic nitrogens is 1. The molecule has 198 valence electrons. The minimum Gasteiger partial charge on any atom is -0.395 e. The molecule has 1 unspecified atom stereocenters. The van der Waals surface area contributed by atoms with Crippen LogP contribution in [0.1, 0.15) is 22.2 Å². The lowest BCUT2D eigenvalue weighted by molar-refractivity contribution is -0.122. The summed E-state index contributed by atoms with van der Waals surface area (Å²) in [5, 5.41) is 29.3. The molecule has 1 atom stereocenters. The van der Waals surface area contributed by atoms with Gasteiger partial charge >= 0.3 is 0 Å². The average Bonchev–Trinajstić information content (AvgIpc) is 3.34. The molecule has 4 rings (SSSR count). The molecule has 0 saturated heterocycles. The van der Waals surface area contributed by atoms with Gasteiger partial charge in [-0.05, 0) is 48.4 Å². The van der Waals surface area contributed by atoms with Crippen LogP contribution in [0.2, 0.25) is 0 Å². The second kappa shape index (κ2) is 11.8. The monoisotopic (exact) mass is 553 g/mol.